The summed E-state index contributed by atoms with van der Waals surface area (Å²) in [5, 5.41) is 3.17. The molecule has 1 atom stereocenters. The van der Waals surface area contributed by atoms with Gasteiger partial charge < -0.3 is 20.5 Å². The van der Waals surface area contributed by atoms with Crippen LogP contribution in [0.3, 0.4) is 0 Å². The molecule has 0 saturated carbocycles. The normalized spacial score (nSPS) is 11.8. The van der Waals surface area contributed by atoms with E-state index in [1.54, 1.807) is 7.11 Å². The second-order valence-corrected chi connectivity index (χ2v) is 4.37. The molecule has 0 fully saturated rings. The minimum Gasteiger partial charge on any atom is -0.497 e. The first-order chi connectivity index (χ1) is 10.1. The van der Waals surface area contributed by atoms with Crippen molar-refractivity contribution in [1.29, 1.82) is 0 Å². The molecule has 0 aliphatic heterocycles. The molecule has 0 saturated heterocycles. The van der Waals surface area contributed by atoms with Crippen molar-refractivity contribution in [2.75, 3.05) is 24.8 Å². The number of hydrogen-bond donors (Lipinski definition) is 2. The molecule has 7 nitrogen and oxygen atoms in total. The highest BCUT2D eigenvalue weighted by Crippen LogP contribution is 2.20. The van der Waals surface area contributed by atoms with Crippen molar-refractivity contribution in [2.24, 2.45) is 0 Å². The number of nitrogens with two attached hydrogens (primary N) is 1. The number of rotatable bonds is 6. The van der Waals surface area contributed by atoms with Gasteiger partial charge >= 0.3 is 6.01 Å². The van der Waals surface area contributed by atoms with E-state index in [1.165, 1.54) is 0 Å². The van der Waals surface area contributed by atoms with Crippen LogP contribution in [-0.2, 0) is 0 Å². The molecule has 112 valence electrons. The van der Waals surface area contributed by atoms with Gasteiger partial charge in [-0.2, -0.15) is 15.0 Å². The minimum atomic E-state index is 0.00665. The van der Waals surface area contributed by atoms with Gasteiger partial charge in [-0.05, 0) is 31.5 Å². The lowest BCUT2D eigenvalue weighted by atomic mass is 10.1. The van der Waals surface area contributed by atoms with E-state index >= 15 is 0 Å². The maximum Gasteiger partial charge on any atom is 0.323 e. The molecule has 1 aromatic carbocycles. The van der Waals surface area contributed by atoms with E-state index in [4.69, 9.17) is 15.2 Å². The maximum atomic E-state index is 5.64. The number of nitrogen functional groups attached to an aromatic ring is 1. The van der Waals surface area contributed by atoms with Crippen LogP contribution >= 0.6 is 0 Å². The van der Waals surface area contributed by atoms with E-state index < -0.39 is 0 Å². The molecule has 0 radical (unpaired) electrons. The van der Waals surface area contributed by atoms with Gasteiger partial charge in [-0.25, -0.2) is 0 Å². The van der Waals surface area contributed by atoms with Crippen molar-refractivity contribution in [3.05, 3.63) is 29.8 Å². The van der Waals surface area contributed by atoms with Gasteiger partial charge in [-0.3, -0.25) is 0 Å². The van der Waals surface area contributed by atoms with Crippen LogP contribution in [0.1, 0.15) is 25.5 Å². The van der Waals surface area contributed by atoms with E-state index in [2.05, 4.69) is 20.3 Å². The predicted molar refractivity (Wildman–Crippen MR) is 80.4 cm³/mol. The smallest absolute Gasteiger partial charge is 0.323 e. The monoisotopic (exact) mass is 289 g/mol. The minimum absolute atomic E-state index is 0.00665. The fraction of sp³-hybridized carbons (Fsp3) is 0.357. The molecule has 3 N–H and O–H groups in total. The molecule has 1 unspecified atom stereocenters. The van der Waals surface area contributed by atoms with E-state index in [-0.39, 0.29) is 18.0 Å². The number of nitrogens with zero attached hydrogens (tertiary/aromatic N) is 3. The predicted octanol–water partition coefficient (Wildman–Crippen LogP) is 2.03. The standard InChI is InChI=1S/C14H19N5O2/c1-4-21-14-18-12(15)17-13(19-14)16-9(2)10-5-7-11(20-3)8-6-10/h5-9H,4H2,1-3H3,(H3,15,16,17,18,19). The fourth-order valence-corrected chi connectivity index (χ4v) is 1.80. The number of benzene rings is 1. The zero-order valence-electron chi connectivity index (χ0n) is 12.3. The number of ether oxygens (including phenoxy) is 2. The van der Waals surface area contributed by atoms with Crippen LogP contribution < -0.4 is 20.5 Å². The SMILES string of the molecule is CCOc1nc(N)nc(NC(C)c2ccc(OC)cc2)n1. The Morgan fingerprint density at radius 3 is 2.52 bits per heavy atom. The van der Waals surface area contributed by atoms with Crippen molar-refractivity contribution >= 4 is 11.9 Å². The van der Waals surface area contributed by atoms with Crippen molar-refractivity contribution in [3.63, 3.8) is 0 Å². The molecule has 0 aliphatic carbocycles. The second kappa shape index (κ2) is 6.74. The van der Waals surface area contributed by atoms with Crippen LogP contribution in [0.2, 0.25) is 0 Å². The summed E-state index contributed by atoms with van der Waals surface area (Å²) in [6, 6.07) is 7.98. The van der Waals surface area contributed by atoms with Gasteiger partial charge in [-0.15, -0.1) is 0 Å². The third kappa shape index (κ3) is 3.95. The average molecular weight is 289 g/mol. The highest BCUT2D eigenvalue weighted by atomic mass is 16.5. The van der Waals surface area contributed by atoms with Gasteiger partial charge in [0.05, 0.1) is 19.8 Å². The molecule has 0 amide bonds. The molecule has 0 bridgehead atoms. The Kier molecular flexibility index (Phi) is 4.76. The lowest BCUT2D eigenvalue weighted by Crippen LogP contribution is -2.12. The van der Waals surface area contributed by atoms with E-state index in [0.29, 0.717) is 12.6 Å². The summed E-state index contributed by atoms with van der Waals surface area (Å²) in [6.45, 7) is 4.33. The van der Waals surface area contributed by atoms with Crippen LogP contribution in [0.5, 0.6) is 11.8 Å². The van der Waals surface area contributed by atoms with Crippen LogP contribution in [0.4, 0.5) is 11.9 Å². The van der Waals surface area contributed by atoms with E-state index in [0.717, 1.165) is 11.3 Å². The van der Waals surface area contributed by atoms with Crippen molar-refractivity contribution in [3.8, 4) is 11.8 Å². The Hall–Kier alpha value is -2.57. The van der Waals surface area contributed by atoms with Gasteiger partial charge in [0.15, 0.2) is 0 Å². The molecule has 7 heteroatoms. The Labute approximate surface area is 123 Å². The van der Waals surface area contributed by atoms with Gasteiger partial charge in [0.1, 0.15) is 5.75 Å². The number of hydrogen-bond acceptors (Lipinski definition) is 7. The first-order valence-electron chi connectivity index (χ1n) is 6.67. The molecular weight excluding hydrogens is 270 g/mol. The zero-order valence-corrected chi connectivity index (χ0v) is 12.3. The summed E-state index contributed by atoms with van der Waals surface area (Å²) < 4.78 is 10.4. The van der Waals surface area contributed by atoms with E-state index in [1.807, 2.05) is 38.1 Å². The summed E-state index contributed by atoms with van der Waals surface area (Å²) in [7, 11) is 1.64. The zero-order chi connectivity index (χ0) is 15.2. The van der Waals surface area contributed by atoms with Gasteiger partial charge in [0.25, 0.3) is 0 Å². The maximum absolute atomic E-state index is 5.64. The highest BCUT2D eigenvalue weighted by Gasteiger charge is 2.10. The quantitative estimate of drug-likeness (QED) is 0.840. The Bertz CT molecular complexity index is 588. The number of anilines is 2. The highest BCUT2D eigenvalue weighted by molar-refractivity contribution is 5.37. The Balaban J connectivity index is 2.12. The average Bonchev–Trinajstić information content (AvgIpc) is 2.47. The summed E-state index contributed by atoms with van der Waals surface area (Å²) >= 11 is 0. The lowest BCUT2D eigenvalue weighted by molar-refractivity contribution is 0.312. The van der Waals surface area contributed by atoms with Gasteiger partial charge in [0, 0.05) is 0 Å². The van der Waals surface area contributed by atoms with Crippen molar-refractivity contribution in [1.82, 2.24) is 15.0 Å². The third-order valence-corrected chi connectivity index (χ3v) is 2.87. The molecule has 1 aromatic heterocycles. The van der Waals surface area contributed by atoms with E-state index in [9.17, 15) is 0 Å². The van der Waals surface area contributed by atoms with Gasteiger partial charge in [0.2, 0.25) is 11.9 Å². The molecule has 0 aliphatic rings. The summed E-state index contributed by atoms with van der Waals surface area (Å²) in [4.78, 5) is 12.1. The summed E-state index contributed by atoms with van der Waals surface area (Å²) in [5.41, 5.74) is 6.72. The molecule has 1 heterocycles. The first kappa shape index (κ1) is 14.8. The second-order valence-electron chi connectivity index (χ2n) is 4.37. The topological polar surface area (TPSA) is 95.2 Å². The molecule has 21 heavy (non-hydrogen) atoms. The van der Waals surface area contributed by atoms with Crippen LogP contribution in [0.15, 0.2) is 24.3 Å². The van der Waals surface area contributed by atoms with Crippen molar-refractivity contribution in [2.45, 2.75) is 19.9 Å². The fourth-order valence-electron chi connectivity index (χ4n) is 1.80. The lowest BCUT2D eigenvalue weighted by Gasteiger charge is -2.15. The largest absolute Gasteiger partial charge is 0.497 e. The van der Waals surface area contributed by atoms with Crippen LogP contribution in [0, 0.1) is 0 Å². The third-order valence-electron chi connectivity index (χ3n) is 2.87. The molecule has 2 aromatic rings. The number of aromatic nitrogens is 3. The molecular formula is C14H19N5O2. The van der Waals surface area contributed by atoms with Crippen LogP contribution in [-0.4, -0.2) is 28.7 Å². The summed E-state index contributed by atoms with van der Waals surface area (Å²) in [6.07, 6.45) is 0. The number of nitrogens with one attached hydrogen (secondary N) is 1. The van der Waals surface area contributed by atoms with Gasteiger partial charge in [-0.1, -0.05) is 12.1 Å². The summed E-state index contributed by atoms with van der Waals surface area (Å²) in [5.74, 6) is 1.32. The van der Waals surface area contributed by atoms with Crippen LogP contribution in [0.25, 0.3) is 0 Å². The molecule has 0 spiro atoms. The Morgan fingerprint density at radius 1 is 1.19 bits per heavy atom. The van der Waals surface area contributed by atoms with Crippen molar-refractivity contribution < 1.29 is 9.47 Å². The molecule has 2 rings (SSSR count). The number of methoxy groups -OCH3 is 1. The first-order valence-corrected chi connectivity index (χ1v) is 6.67. The Morgan fingerprint density at radius 2 is 1.90 bits per heavy atom.